The molecule has 0 fully saturated rings. The van der Waals surface area contributed by atoms with E-state index in [-0.39, 0.29) is 0 Å². The average molecular weight is 723 g/mol. The van der Waals surface area contributed by atoms with Gasteiger partial charge in [-0.25, -0.2) is 9.97 Å². The molecule has 4 heteroatoms. The predicted octanol–water partition coefficient (Wildman–Crippen LogP) is 13.4. The Labute approximate surface area is 323 Å². The summed E-state index contributed by atoms with van der Waals surface area (Å²) in [6, 6.07) is 46.5. The van der Waals surface area contributed by atoms with Crippen LogP contribution >= 0.6 is 11.3 Å². The van der Waals surface area contributed by atoms with E-state index in [1.54, 1.807) is 11.3 Å². The second-order valence-electron chi connectivity index (χ2n) is 15.0. The Hall–Kier alpha value is -6.36. The van der Waals surface area contributed by atoms with Crippen molar-refractivity contribution in [1.82, 2.24) is 9.97 Å². The number of fused-ring (bicyclic) bond motifs is 14. The molecule has 1 aliphatic heterocycles. The Morgan fingerprint density at radius 3 is 2.40 bits per heavy atom. The molecule has 6 aromatic carbocycles. The van der Waals surface area contributed by atoms with Crippen LogP contribution in [0.25, 0.3) is 59.0 Å². The number of nitrogens with zero attached hydrogens (tertiary/aromatic N) is 2. The van der Waals surface area contributed by atoms with Crippen molar-refractivity contribution in [1.29, 1.82) is 0 Å². The monoisotopic (exact) mass is 722 g/mol. The molecule has 4 aliphatic rings. The first-order valence-electron chi connectivity index (χ1n) is 19.2. The van der Waals surface area contributed by atoms with Gasteiger partial charge in [0.05, 0.1) is 21.3 Å². The highest BCUT2D eigenvalue weighted by atomic mass is 32.1. The maximum absolute atomic E-state index is 6.99. The molecule has 260 valence electrons. The highest BCUT2D eigenvalue weighted by Gasteiger charge is 2.51. The van der Waals surface area contributed by atoms with Crippen molar-refractivity contribution in [2.75, 3.05) is 0 Å². The summed E-state index contributed by atoms with van der Waals surface area (Å²) >= 11 is 1.78. The second kappa shape index (κ2) is 11.8. The normalized spacial score (nSPS) is 19.2. The minimum atomic E-state index is -0.543. The summed E-state index contributed by atoms with van der Waals surface area (Å²) in [5.74, 6) is 2.90. The van der Waals surface area contributed by atoms with E-state index < -0.39 is 5.41 Å². The molecule has 8 aromatic rings. The predicted molar refractivity (Wildman–Crippen MR) is 227 cm³/mol. The minimum absolute atomic E-state index is 0.321. The molecule has 3 heterocycles. The third-order valence-electron chi connectivity index (χ3n) is 12.2. The number of allylic oxidation sites excluding steroid dienone is 8. The van der Waals surface area contributed by atoms with Crippen molar-refractivity contribution in [3.8, 4) is 33.9 Å². The van der Waals surface area contributed by atoms with Gasteiger partial charge in [0.15, 0.2) is 5.82 Å². The van der Waals surface area contributed by atoms with Crippen LogP contribution in [0.1, 0.15) is 47.3 Å². The highest BCUT2D eigenvalue weighted by Crippen LogP contribution is 2.63. The molecule has 0 saturated carbocycles. The van der Waals surface area contributed by atoms with E-state index in [1.165, 1.54) is 59.8 Å². The van der Waals surface area contributed by atoms with Gasteiger partial charge in [-0.15, -0.1) is 11.3 Å². The van der Waals surface area contributed by atoms with Crippen LogP contribution < -0.4 is 4.74 Å². The van der Waals surface area contributed by atoms with Crippen LogP contribution in [0, 0.1) is 5.92 Å². The van der Waals surface area contributed by atoms with Crippen molar-refractivity contribution in [3.05, 3.63) is 198 Å². The fourth-order valence-corrected chi connectivity index (χ4v) is 11.0. The SMILES string of the molecule is C1=CCC(C2=C(c3nc(-c4ccc5c(c4)Oc4ccccc4C54c5ccccc5-c5c4ccc4ccccc54)c4sc5ccccc5c4n3)CCC=C2)C=C1. The molecule has 55 heavy (non-hydrogen) atoms. The molecule has 12 rings (SSSR count). The molecule has 2 atom stereocenters. The molecule has 0 amide bonds. The summed E-state index contributed by atoms with van der Waals surface area (Å²) in [7, 11) is 0. The Morgan fingerprint density at radius 2 is 1.47 bits per heavy atom. The summed E-state index contributed by atoms with van der Waals surface area (Å²) in [4.78, 5) is 10.9. The molecular weight excluding hydrogens is 689 g/mol. The molecule has 2 aromatic heterocycles. The quantitative estimate of drug-likeness (QED) is 0.182. The van der Waals surface area contributed by atoms with Crippen molar-refractivity contribution in [2.24, 2.45) is 5.92 Å². The molecule has 1 spiro atoms. The lowest BCUT2D eigenvalue weighted by Gasteiger charge is -2.39. The second-order valence-corrected chi connectivity index (χ2v) is 16.1. The van der Waals surface area contributed by atoms with Gasteiger partial charge in [0.25, 0.3) is 0 Å². The van der Waals surface area contributed by atoms with Crippen LogP contribution in [0.2, 0.25) is 0 Å². The summed E-state index contributed by atoms with van der Waals surface area (Å²) < 4.78 is 9.31. The molecule has 0 saturated heterocycles. The van der Waals surface area contributed by atoms with Gasteiger partial charge < -0.3 is 4.74 Å². The molecular formula is C51H34N2OS. The molecule has 0 N–H and O–H groups in total. The first kappa shape index (κ1) is 31.0. The fraction of sp³-hybridized carbons (Fsp3) is 0.0980. The van der Waals surface area contributed by atoms with Gasteiger partial charge in [-0.05, 0) is 76.1 Å². The number of aromatic nitrogens is 2. The highest BCUT2D eigenvalue weighted by molar-refractivity contribution is 7.26. The van der Waals surface area contributed by atoms with Gasteiger partial charge in [-0.3, -0.25) is 0 Å². The zero-order valence-electron chi connectivity index (χ0n) is 30.0. The third-order valence-corrected chi connectivity index (χ3v) is 13.3. The number of thiophene rings is 1. The van der Waals surface area contributed by atoms with E-state index in [1.807, 2.05) is 0 Å². The maximum atomic E-state index is 6.99. The van der Waals surface area contributed by atoms with Crippen LogP contribution in [0.5, 0.6) is 11.5 Å². The van der Waals surface area contributed by atoms with Crippen molar-refractivity contribution in [3.63, 3.8) is 0 Å². The van der Waals surface area contributed by atoms with E-state index in [4.69, 9.17) is 14.7 Å². The summed E-state index contributed by atoms with van der Waals surface area (Å²) in [6.07, 6.45) is 16.4. The zero-order valence-corrected chi connectivity index (χ0v) is 30.8. The van der Waals surface area contributed by atoms with Gasteiger partial charge in [-0.2, -0.15) is 0 Å². The topological polar surface area (TPSA) is 35.0 Å². The van der Waals surface area contributed by atoms with E-state index in [9.17, 15) is 0 Å². The number of para-hydroxylation sites is 1. The fourth-order valence-electron chi connectivity index (χ4n) is 9.82. The van der Waals surface area contributed by atoms with E-state index in [2.05, 4.69) is 164 Å². The lowest BCUT2D eigenvalue weighted by Crippen LogP contribution is -2.32. The van der Waals surface area contributed by atoms with E-state index in [0.717, 1.165) is 63.6 Å². The Kier molecular flexibility index (Phi) is 6.67. The molecule has 0 radical (unpaired) electrons. The smallest absolute Gasteiger partial charge is 0.156 e. The molecule has 3 nitrogen and oxygen atoms in total. The van der Waals surface area contributed by atoms with Gasteiger partial charge in [0.2, 0.25) is 0 Å². The van der Waals surface area contributed by atoms with Gasteiger partial charge in [-0.1, -0.05) is 146 Å². The van der Waals surface area contributed by atoms with Gasteiger partial charge in [0.1, 0.15) is 11.5 Å². The molecule has 3 aliphatic carbocycles. The lowest BCUT2D eigenvalue weighted by atomic mass is 9.66. The van der Waals surface area contributed by atoms with Crippen molar-refractivity contribution in [2.45, 2.75) is 24.7 Å². The van der Waals surface area contributed by atoms with Crippen LogP contribution in [-0.4, -0.2) is 9.97 Å². The Bertz CT molecular complexity index is 3070. The number of hydrogen-bond acceptors (Lipinski definition) is 4. The van der Waals surface area contributed by atoms with Crippen LogP contribution in [-0.2, 0) is 5.41 Å². The standard InChI is InChI=1S/C51H34N2OS/c1-2-14-31(15-3-1)34-17-6-7-19-36(34)50-52-47(49-48(53-50)38-21-9-13-25-45(38)55-49)33-27-28-41-44(30-33)54-43-24-12-11-23-40(43)51(41)39-22-10-8-20-37(39)46-35-18-5-4-16-32(35)26-29-42(46)51/h1-6,8-14,16-18,20-31H,7,15,19H2. The largest absolute Gasteiger partial charge is 0.457 e. The van der Waals surface area contributed by atoms with Crippen molar-refractivity contribution < 1.29 is 4.74 Å². The number of benzene rings is 6. The third kappa shape index (κ3) is 4.37. The number of hydrogen-bond donors (Lipinski definition) is 0. The van der Waals surface area contributed by atoms with E-state index >= 15 is 0 Å². The maximum Gasteiger partial charge on any atom is 0.156 e. The van der Waals surface area contributed by atoms with Crippen LogP contribution in [0.3, 0.4) is 0 Å². The Balaban J connectivity index is 1.12. The first-order valence-corrected chi connectivity index (χ1v) is 20.1. The summed E-state index contributed by atoms with van der Waals surface area (Å²) in [5, 5.41) is 3.70. The van der Waals surface area contributed by atoms with Gasteiger partial charge >= 0.3 is 0 Å². The van der Waals surface area contributed by atoms with Gasteiger partial charge in [0, 0.05) is 38.3 Å². The Morgan fingerprint density at radius 1 is 0.673 bits per heavy atom. The number of ether oxygens (including phenoxy) is 1. The first-order chi connectivity index (χ1) is 27.3. The summed E-state index contributed by atoms with van der Waals surface area (Å²) in [5.41, 5.74) is 12.5. The van der Waals surface area contributed by atoms with Crippen LogP contribution in [0.15, 0.2) is 169 Å². The van der Waals surface area contributed by atoms with Crippen LogP contribution in [0.4, 0.5) is 0 Å². The van der Waals surface area contributed by atoms with Crippen molar-refractivity contribution >= 4 is 48.0 Å². The number of rotatable bonds is 3. The molecule has 0 bridgehead atoms. The zero-order chi connectivity index (χ0) is 36.1. The minimum Gasteiger partial charge on any atom is -0.457 e. The lowest BCUT2D eigenvalue weighted by molar-refractivity contribution is 0.436. The summed E-state index contributed by atoms with van der Waals surface area (Å²) in [6.45, 7) is 0. The van der Waals surface area contributed by atoms with E-state index in [0.29, 0.717) is 5.92 Å². The molecule has 2 unspecified atom stereocenters. The average Bonchev–Trinajstić information content (AvgIpc) is 3.78.